The van der Waals surface area contributed by atoms with Gasteiger partial charge >= 0.3 is 0 Å². The van der Waals surface area contributed by atoms with E-state index in [-0.39, 0.29) is 11.2 Å². The normalized spacial score (nSPS) is 19.3. The number of nitrogens with one attached hydrogen (secondary N) is 2. The average molecular weight is 323 g/mol. The van der Waals surface area contributed by atoms with E-state index in [2.05, 4.69) is 29.5 Å². The van der Waals surface area contributed by atoms with Gasteiger partial charge in [-0.15, -0.1) is 0 Å². The highest BCUT2D eigenvalue weighted by atomic mass is 32.2. The molecule has 1 aliphatic heterocycles. The van der Waals surface area contributed by atoms with Crippen molar-refractivity contribution in [2.24, 2.45) is 4.99 Å². The maximum Gasteiger partial charge on any atom is 0.191 e. The summed E-state index contributed by atoms with van der Waals surface area (Å²) in [5.74, 6) is 1.91. The minimum absolute atomic E-state index is 0.0899. The van der Waals surface area contributed by atoms with Crippen molar-refractivity contribution in [2.45, 2.75) is 37.4 Å². The van der Waals surface area contributed by atoms with Crippen molar-refractivity contribution in [1.29, 1.82) is 0 Å². The van der Waals surface area contributed by atoms with Crippen LogP contribution >= 0.6 is 11.8 Å². The molecule has 0 spiro atoms. The van der Waals surface area contributed by atoms with Gasteiger partial charge in [-0.2, -0.15) is 11.8 Å². The fourth-order valence-electron chi connectivity index (χ4n) is 2.54. The number of benzene rings is 1. The molecule has 1 atom stereocenters. The van der Waals surface area contributed by atoms with E-state index >= 15 is 0 Å². The van der Waals surface area contributed by atoms with Crippen LogP contribution in [0.3, 0.4) is 0 Å². The molecular weight excluding hydrogens is 297 g/mol. The Bertz CT molecular complexity index is 493. The van der Waals surface area contributed by atoms with E-state index in [1.165, 1.54) is 30.7 Å². The Morgan fingerprint density at radius 2 is 2.05 bits per heavy atom. The first-order valence-corrected chi connectivity index (χ1v) is 8.88. The van der Waals surface area contributed by atoms with Gasteiger partial charge in [-0.05, 0) is 36.3 Å². The molecule has 0 saturated carbocycles. The second kappa shape index (κ2) is 7.86. The van der Waals surface area contributed by atoms with Crippen LogP contribution in [0.15, 0.2) is 29.3 Å². The third kappa shape index (κ3) is 4.90. The van der Waals surface area contributed by atoms with Crippen molar-refractivity contribution in [1.82, 2.24) is 10.6 Å². The molecule has 2 N–H and O–H groups in total. The lowest BCUT2D eigenvalue weighted by Crippen LogP contribution is -2.45. The van der Waals surface area contributed by atoms with Gasteiger partial charge in [0.1, 0.15) is 5.82 Å². The van der Waals surface area contributed by atoms with Crippen LogP contribution in [0.25, 0.3) is 0 Å². The third-order valence-electron chi connectivity index (χ3n) is 4.07. The summed E-state index contributed by atoms with van der Waals surface area (Å²) in [4.78, 5) is 4.29. The lowest BCUT2D eigenvalue weighted by atomic mass is 9.84. The largest absolute Gasteiger partial charge is 0.356 e. The molecular formula is C17H26FN3S. The molecule has 122 valence electrons. The lowest BCUT2D eigenvalue weighted by Gasteiger charge is -2.27. The molecule has 5 heteroatoms. The summed E-state index contributed by atoms with van der Waals surface area (Å²) in [6, 6.07) is 6.73. The Kier molecular flexibility index (Phi) is 6.12. The van der Waals surface area contributed by atoms with Crippen LogP contribution < -0.4 is 10.6 Å². The fourth-order valence-corrected chi connectivity index (χ4v) is 3.75. The number of thioether (sulfide) groups is 1. The van der Waals surface area contributed by atoms with Gasteiger partial charge in [-0.25, -0.2) is 4.39 Å². The highest BCUT2D eigenvalue weighted by Crippen LogP contribution is 2.25. The maximum atomic E-state index is 13.0. The van der Waals surface area contributed by atoms with Gasteiger partial charge in [-0.3, -0.25) is 4.99 Å². The van der Waals surface area contributed by atoms with Gasteiger partial charge in [0.15, 0.2) is 5.96 Å². The SMILES string of the molecule is CN=C(NCC1CCCS1)NCC(C)(C)c1ccc(F)cc1. The molecule has 2 rings (SSSR count). The standard InChI is InChI=1S/C17H26FN3S/c1-17(2,13-6-8-14(18)9-7-13)12-21-16(19-3)20-11-15-5-4-10-22-15/h6-9,15H,4-5,10-12H2,1-3H3,(H2,19,20,21). The van der Waals surface area contributed by atoms with Crippen molar-refractivity contribution >= 4 is 17.7 Å². The van der Waals surface area contributed by atoms with Crippen molar-refractivity contribution in [3.8, 4) is 0 Å². The summed E-state index contributed by atoms with van der Waals surface area (Å²) in [5.41, 5.74) is 1.02. The highest BCUT2D eigenvalue weighted by molar-refractivity contribution is 8.00. The van der Waals surface area contributed by atoms with E-state index in [0.29, 0.717) is 5.25 Å². The van der Waals surface area contributed by atoms with E-state index in [0.717, 1.165) is 24.6 Å². The molecule has 1 saturated heterocycles. The molecule has 0 amide bonds. The molecule has 0 aromatic heterocycles. The zero-order valence-corrected chi connectivity index (χ0v) is 14.5. The Hall–Kier alpha value is -1.23. The molecule has 3 nitrogen and oxygen atoms in total. The van der Waals surface area contributed by atoms with Crippen LogP contribution in [-0.2, 0) is 5.41 Å². The van der Waals surface area contributed by atoms with Crippen molar-refractivity contribution < 1.29 is 4.39 Å². The third-order valence-corrected chi connectivity index (χ3v) is 5.47. The molecule has 0 radical (unpaired) electrons. The van der Waals surface area contributed by atoms with Gasteiger partial charge < -0.3 is 10.6 Å². The summed E-state index contributed by atoms with van der Waals surface area (Å²) in [6.07, 6.45) is 2.61. The summed E-state index contributed by atoms with van der Waals surface area (Å²) in [7, 11) is 1.79. The van der Waals surface area contributed by atoms with E-state index in [1.54, 1.807) is 7.05 Å². The Morgan fingerprint density at radius 1 is 1.32 bits per heavy atom. The van der Waals surface area contributed by atoms with Crippen molar-refractivity contribution in [3.63, 3.8) is 0 Å². The predicted octanol–water partition coefficient (Wildman–Crippen LogP) is 3.16. The zero-order chi connectivity index (χ0) is 16.0. The van der Waals surface area contributed by atoms with Crippen LogP contribution in [0.4, 0.5) is 4.39 Å². The number of halogens is 1. The van der Waals surface area contributed by atoms with Crippen molar-refractivity contribution in [3.05, 3.63) is 35.6 Å². The van der Waals surface area contributed by atoms with Gasteiger partial charge in [0.2, 0.25) is 0 Å². The molecule has 1 aliphatic rings. The van der Waals surface area contributed by atoms with Crippen LogP contribution in [-0.4, -0.2) is 37.1 Å². The van der Waals surface area contributed by atoms with Gasteiger partial charge in [0.05, 0.1) is 0 Å². The summed E-state index contributed by atoms with van der Waals surface area (Å²) in [6.45, 7) is 6.00. The monoisotopic (exact) mass is 323 g/mol. The number of guanidine groups is 1. The minimum Gasteiger partial charge on any atom is -0.356 e. The fraction of sp³-hybridized carbons (Fsp3) is 0.588. The molecule has 1 aromatic carbocycles. The molecule has 1 unspecified atom stereocenters. The summed E-state index contributed by atoms with van der Waals surface area (Å²) < 4.78 is 13.0. The minimum atomic E-state index is -0.195. The number of rotatable bonds is 5. The van der Waals surface area contributed by atoms with Crippen LogP contribution in [0, 0.1) is 5.82 Å². The number of nitrogens with zero attached hydrogens (tertiary/aromatic N) is 1. The lowest BCUT2D eigenvalue weighted by molar-refractivity contribution is 0.506. The number of hydrogen-bond acceptors (Lipinski definition) is 2. The van der Waals surface area contributed by atoms with Gasteiger partial charge in [-0.1, -0.05) is 26.0 Å². The first-order valence-electron chi connectivity index (χ1n) is 7.83. The van der Waals surface area contributed by atoms with Gasteiger partial charge in [0.25, 0.3) is 0 Å². The zero-order valence-electron chi connectivity index (χ0n) is 13.7. The Labute approximate surface area is 137 Å². The Balaban J connectivity index is 1.84. The summed E-state index contributed by atoms with van der Waals surface area (Å²) in [5, 5.41) is 7.48. The first kappa shape index (κ1) is 17.1. The van der Waals surface area contributed by atoms with E-state index in [1.807, 2.05) is 23.9 Å². The second-order valence-corrected chi connectivity index (χ2v) is 7.74. The second-order valence-electron chi connectivity index (χ2n) is 6.33. The Morgan fingerprint density at radius 3 is 2.64 bits per heavy atom. The van der Waals surface area contributed by atoms with Crippen LogP contribution in [0.1, 0.15) is 32.3 Å². The molecule has 0 bridgehead atoms. The van der Waals surface area contributed by atoms with Crippen LogP contribution in [0.5, 0.6) is 0 Å². The number of aliphatic imine (C=N–C) groups is 1. The number of hydrogen-bond donors (Lipinski definition) is 2. The van der Waals surface area contributed by atoms with Crippen molar-refractivity contribution in [2.75, 3.05) is 25.9 Å². The van der Waals surface area contributed by atoms with E-state index < -0.39 is 0 Å². The molecule has 22 heavy (non-hydrogen) atoms. The molecule has 1 aromatic rings. The average Bonchev–Trinajstić information content (AvgIpc) is 3.01. The first-order chi connectivity index (χ1) is 10.5. The van der Waals surface area contributed by atoms with E-state index in [9.17, 15) is 4.39 Å². The predicted molar refractivity (Wildman–Crippen MR) is 94.3 cm³/mol. The maximum absolute atomic E-state index is 13.0. The summed E-state index contributed by atoms with van der Waals surface area (Å²) >= 11 is 2.04. The molecule has 1 heterocycles. The quantitative estimate of drug-likeness (QED) is 0.645. The topological polar surface area (TPSA) is 36.4 Å². The molecule has 1 fully saturated rings. The highest BCUT2D eigenvalue weighted by Gasteiger charge is 2.21. The van der Waals surface area contributed by atoms with Gasteiger partial charge in [0, 0.05) is 30.8 Å². The smallest absolute Gasteiger partial charge is 0.191 e. The van der Waals surface area contributed by atoms with Crippen LogP contribution in [0.2, 0.25) is 0 Å². The molecule has 0 aliphatic carbocycles. The van der Waals surface area contributed by atoms with E-state index in [4.69, 9.17) is 0 Å².